The van der Waals surface area contributed by atoms with E-state index < -0.39 is 0 Å². The number of carbonyl (C=O) groups excluding carboxylic acids is 1. The third kappa shape index (κ3) is 2.64. The molecule has 0 radical (unpaired) electrons. The van der Waals surface area contributed by atoms with Crippen LogP contribution in [0.15, 0.2) is 24.5 Å². The Morgan fingerprint density at radius 1 is 1.19 bits per heavy atom. The molecule has 0 unspecified atom stereocenters. The Kier molecular flexibility index (Phi) is 3.65. The maximum Gasteiger partial charge on any atom is 0.254 e. The number of benzene rings is 1. The van der Waals surface area contributed by atoms with Crippen molar-refractivity contribution in [1.29, 1.82) is 0 Å². The van der Waals surface area contributed by atoms with Crippen molar-refractivity contribution < 1.29 is 14.3 Å². The van der Waals surface area contributed by atoms with Gasteiger partial charge in [0, 0.05) is 36.0 Å². The maximum atomic E-state index is 12.8. The molecular weight excluding hydrogens is 332 g/mol. The van der Waals surface area contributed by atoms with Crippen LogP contribution >= 0.6 is 0 Å². The van der Waals surface area contributed by atoms with Gasteiger partial charge in [-0.1, -0.05) is 0 Å². The number of ether oxygens (including phenoxy) is 2. The van der Waals surface area contributed by atoms with E-state index in [9.17, 15) is 4.79 Å². The summed E-state index contributed by atoms with van der Waals surface area (Å²) in [6.07, 6.45) is 5.76. The molecule has 1 aromatic heterocycles. The van der Waals surface area contributed by atoms with Gasteiger partial charge in [0.25, 0.3) is 5.91 Å². The van der Waals surface area contributed by atoms with Crippen LogP contribution in [0.25, 0.3) is 0 Å². The number of likely N-dealkylation sites (tertiary alicyclic amines) is 1. The molecule has 7 nitrogen and oxygen atoms in total. The Morgan fingerprint density at radius 2 is 2.12 bits per heavy atom. The fraction of sp³-hybridized carbons (Fsp3) is 0.421. The first-order valence-corrected chi connectivity index (χ1v) is 9.06. The van der Waals surface area contributed by atoms with Crippen LogP contribution in [-0.4, -0.2) is 46.7 Å². The molecule has 2 aliphatic heterocycles. The number of rotatable bonds is 3. The van der Waals surface area contributed by atoms with E-state index >= 15 is 0 Å². The number of aryl methyl sites for hydroxylation is 1. The second kappa shape index (κ2) is 6.16. The third-order valence-electron chi connectivity index (χ3n) is 5.31. The number of carbonyl (C=O) groups is 1. The van der Waals surface area contributed by atoms with Gasteiger partial charge in [0.05, 0.1) is 0 Å². The number of anilines is 1. The van der Waals surface area contributed by atoms with Gasteiger partial charge in [-0.05, 0) is 43.9 Å². The van der Waals surface area contributed by atoms with E-state index in [4.69, 9.17) is 9.47 Å². The van der Waals surface area contributed by atoms with Crippen LogP contribution in [0.4, 0.5) is 5.82 Å². The third-order valence-corrected chi connectivity index (χ3v) is 5.31. The second-order valence-electron chi connectivity index (χ2n) is 6.95. The Hall–Kier alpha value is -2.83. The number of hydrogen-bond acceptors (Lipinski definition) is 6. The highest BCUT2D eigenvalue weighted by atomic mass is 16.7. The predicted molar refractivity (Wildman–Crippen MR) is 94.6 cm³/mol. The summed E-state index contributed by atoms with van der Waals surface area (Å²) < 4.78 is 10.7. The molecule has 1 aromatic carbocycles. The molecule has 0 spiro atoms. The van der Waals surface area contributed by atoms with Gasteiger partial charge < -0.3 is 19.7 Å². The molecule has 134 valence electrons. The largest absolute Gasteiger partial charge is 0.454 e. The summed E-state index contributed by atoms with van der Waals surface area (Å²) in [5, 5.41) is 3.53. The molecule has 1 atom stereocenters. The first-order valence-electron chi connectivity index (χ1n) is 9.06. The summed E-state index contributed by atoms with van der Waals surface area (Å²) >= 11 is 0. The molecule has 7 heteroatoms. The van der Waals surface area contributed by atoms with E-state index in [1.54, 1.807) is 24.5 Å². The zero-order chi connectivity index (χ0) is 17.5. The Balaban J connectivity index is 1.27. The van der Waals surface area contributed by atoms with Crippen LogP contribution in [0, 0.1) is 0 Å². The molecule has 3 heterocycles. The van der Waals surface area contributed by atoms with Gasteiger partial charge in [-0.3, -0.25) is 4.79 Å². The minimum Gasteiger partial charge on any atom is -0.454 e. The van der Waals surface area contributed by atoms with Gasteiger partial charge in [-0.25, -0.2) is 9.97 Å². The van der Waals surface area contributed by atoms with Gasteiger partial charge in [-0.2, -0.15) is 0 Å². The summed E-state index contributed by atoms with van der Waals surface area (Å²) in [6, 6.07) is 5.58. The van der Waals surface area contributed by atoms with E-state index in [-0.39, 0.29) is 18.7 Å². The molecule has 1 amide bonds. The smallest absolute Gasteiger partial charge is 0.254 e. The Labute approximate surface area is 151 Å². The van der Waals surface area contributed by atoms with Crippen LogP contribution in [0.2, 0.25) is 0 Å². The lowest BCUT2D eigenvalue weighted by atomic mass is 10.2. The van der Waals surface area contributed by atoms with E-state index in [0.29, 0.717) is 23.6 Å². The number of fused-ring (bicyclic) bond motifs is 2. The van der Waals surface area contributed by atoms with Crippen LogP contribution in [0.1, 0.15) is 34.5 Å². The van der Waals surface area contributed by atoms with Crippen molar-refractivity contribution >= 4 is 11.7 Å². The number of amides is 1. The summed E-state index contributed by atoms with van der Waals surface area (Å²) in [6.45, 7) is 1.62. The standard InChI is InChI=1S/C19H20N4O3/c24-19(12-4-5-16-17(8-12)26-11-25-16)23-7-6-13(9-23)22-18-14-2-1-3-15(14)20-10-21-18/h4-5,8,10,13H,1-3,6-7,9,11H2,(H,20,21,22)/t13-/m1/s1. The van der Waals surface area contributed by atoms with Crippen molar-refractivity contribution in [2.24, 2.45) is 0 Å². The highest BCUT2D eigenvalue weighted by molar-refractivity contribution is 5.95. The molecule has 0 bridgehead atoms. The number of aromatic nitrogens is 2. The summed E-state index contributed by atoms with van der Waals surface area (Å²) in [7, 11) is 0. The number of hydrogen-bond donors (Lipinski definition) is 1. The lowest BCUT2D eigenvalue weighted by Gasteiger charge is -2.18. The highest BCUT2D eigenvalue weighted by Crippen LogP contribution is 2.33. The molecule has 1 saturated heterocycles. The van der Waals surface area contributed by atoms with E-state index in [1.165, 1.54) is 5.56 Å². The quantitative estimate of drug-likeness (QED) is 0.911. The first-order chi connectivity index (χ1) is 12.8. The van der Waals surface area contributed by atoms with Crippen LogP contribution < -0.4 is 14.8 Å². The monoisotopic (exact) mass is 352 g/mol. The van der Waals surface area contributed by atoms with Crippen LogP contribution in [-0.2, 0) is 12.8 Å². The van der Waals surface area contributed by atoms with Crippen molar-refractivity contribution in [3.8, 4) is 11.5 Å². The minimum atomic E-state index is 0.0283. The average molecular weight is 352 g/mol. The van der Waals surface area contributed by atoms with Crippen molar-refractivity contribution in [1.82, 2.24) is 14.9 Å². The van der Waals surface area contributed by atoms with Gasteiger partial charge in [-0.15, -0.1) is 0 Å². The van der Waals surface area contributed by atoms with Gasteiger partial charge in [0.1, 0.15) is 12.1 Å². The molecule has 0 saturated carbocycles. The molecular formula is C19H20N4O3. The zero-order valence-electron chi connectivity index (χ0n) is 14.4. The van der Waals surface area contributed by atoms with Crippen molar-refractivity contribution in [2.45, 2.75) is 31.7 Å². The molecule has 1 fully saturated rings. The summed E-state index contributed by atoms with van der Waals surface area (Å²) in [4.78, 5) is 23.5. The van der Waals surface area contributed by atoms with Crippen molar-refractivity contribution in [3.63, 3.8) is 0 Å². The fourth-order valence-electron chi connectivity index (χ4n) is 3.95. The maximum absolute atomic E-state index is 12.8. The topological polar surface area (TPSA) is 76.6 Å². The molecule has 26 heavy (non-hydrogen) atoms. The molecule has 2 aromatic rings. The molecule has 5 rings (SSSR count). The SMILES string of the molecule is O=C(c1ccc2c(c1)OCO2)N1CC[C@@H](Nc2ncnc3c2CCC3)C1. The lowest BCUT2D eigenvalue weighted by molar-refractivity contribution is 0.0791. The molecule has 3 aliphatic rings. The van der Waals surface area contributed by atoms with Crippen molar-refractivity contribution in [3.05, 3.63) is 41.3 Å². The van der Waals surface area contributed by atoms with E-state index in [2.05, 4.69) is 15.3 Å². The zero-order valence-corrected chi connectivity index (χ0v) is 14.4. The van der Waals surface area contributed by atoms with Crippen molar-refractivity contribution in [2.75, 3.05) is 25.2 Å². The van der Waals surface area contributed by atoms with E-state index in [1.807, 2.05) is 4.90 Å². The second-order valence-corrected chi connectivity index (χ2v) is 6.95. The summed E-state index contributed by atoms with van der Waals surface area (Å²) in [5.74, 6) is 2.30. The van der Waals surface area contributed by atoms with Gasteiger partial charge >= 0.3 is 0 Å². The lowest BCUT2D eigenvalue weighted by Crippen LogP contribution is -2.31. The predicted octanol–water partition coefficient (Wildman–Crippen LogP) is 2.02. The number of nitrogens with zero attached hydrogens (tertiary/aromatic N) is 3. The normalized spacial score (nSPS) is 20.3. The Morgan fingerprint density at radius 3 is 3.08 bits per heavy atom. The first kappa shape index (κ1) is 15.4. The highest BCUT2D eigenvalue weighted by Gasteiger charge is 2.29. The fourth-order valence-corrected chi connectivity index (χ4v) is 3.95. The van der Waals surface area contributed by atoms with Crippen LogP contribution in [0.3, 0.4) is 0 Å². The van der Waals surface area contributed by atoms with Gasteiger partial charge in [0.2, 0.25) is 6.79 Å². The molecule has 1 N–H and O–H groups in total. The Bertz CT molecular complexity index is 870. The van der Waals surface area contributed by atoms with Crippen LogP contribution in [0.5, 0.6) is 11.5 Å². The number of nitrogens with one attached hydrogen (secondary N) is 1. The summed E-state index contributed by atoms with van der Waals surface area (Å²) in [5.41, 5.74) is 3.04. The van der Waals surface area contributed by atoms with E-state index in [0.717, 1.165) is 43.7 Å². The average Bonchev–Trinajstić information content (AvgIpc) is 3.40. The van der Waals surface area contributed by atoms with Gasteiger partial charge in [0.15, 0.2) is 11.5 Å². The minimum absolute atomic E-state index is 0.0283. The molecule has 1 aliphatic carbocycles.